The number of esters is 1. The molecule has 0 bridgehead atoms. The smallest absolute Gasteiger partial charge is 0.341 e. The monoisotopic (exact) mass is 453 g/mol. The van der Waals surface area contributed by atoms with Crippen LogP contribution in [-0.4, -0.2) is 28.3 Å². The number of aromatic nitrogens is 2. The summed E-state index contributed by atoms with van der Waals surface area (Å²) in [5.41, 5.74) is 3.99. The normalized spacial score (nSPS) is 12.8. The van der Waals surface area contributed by atoms with E-state index in [1.807, 2.05) is 26.0 Å². The third-order valence-corrected chi connectivity index (χ3v) is 6.64. The van der Waals surface area contributed by atoms with Crippen molar-refractivity contribution in [2.24, 2.45) is 0 Å². The van der Waals surface area contributed by atoms with Crippen LogP contribution in [0.3, 0.4) is 0 Å². The van der Waals surface area contributed by atoms with Crippen LogP contribution in [0.5, 0.6) is 5.75 Å². The molecule has 1 aliphatic rings. The molecular formula is C24H27N3O4S. The SMILES string of the molecule is CCOC(=O)c1c(NC(=O)c2ccn(COc3ccc(C)cc3C)n2)sc2c1CCCC2. The second kappa shape index (κ2) is 9.56. The fourth-order valence-corrected chi connectivity index (χ4v) is 5.16. The van der Waals surface area contributed by atoms with Gasteiger partial charge in [0.2, 0.25) is 0 Å². The van der Waals surface area contributed by atoms with Crippen LogP contribution in [-0.2, 0) is 24.3 Å². The van der Waals surface area contributed by atoms with Crippen molar-refractivity contribution in [3.05, 3.63) is 63.3 Å². The Hall–Kier alpha value is -3.13. The predicted octanol–water partition coefficient (Wildman–Crippen LogP) is 4.91. The van der Waals surface area contributed by atoms with E-state index < -0.39 is 0 Å². The maximum absolute atomic E-state index is 12.9. The fraction of sp³-hybridized carbons (Fsp3) is 0.375. The van der Waals surface area contributed by atoms with Gasteiger partial charge in [-0.2, -0.15) is 5.10 Å². The molecule has 3 aromatic rings. The number of fused-ring (bicyclic) bond motifs is 1. The van der Waals surface area contributed by atoms with Gasteiger partial charge >= 0.3 is 5.97 Å². The third-order valence-electron chi connectivity index (χ3n) is 5.43. The first kappa shape index (κ1) is 22.1. The molecule has 7 nitrogen and oxygen atoms in total. The zero-order chi connectivity index (χ0) is 22.7. The van der Waals surface area contributed by atoms with Crippen molar-refractivity contribution in [2.75, 3.05) is 11.9 Å². The minimum atomic E-state index is -0.380. The Labute approximate surface area is 191 Å². The number of aryl methyl sites for hydroxylation is 3. The molecule has 1 N–H and O–H groups in total. The Morgan fingerprint density at radius 3 is 2.78 bits per heavy atom. The molecule has 8 heteroatoms. The van der Waals surface area contributed by atoms with Gasteiger partial charge < -0.3 is 14.8 Å². The molecular weight excluding hydrogens is 426 g/mol. The van der Waals surface area contributed by atoms with Crippen molar-refractivity contribution in [1.29, 1.82) is 0 Å². The number of hydrogen-bond acceptors (Lipinski definition) is 6. The summed E-state index contributed by atoms with van der Waals surface area (Å²) < 4.78 is 12.7. The van der Waals surface area contributed by atoms with Crippen LogP contribution in [0.4, 0.5) is 5.00 Å². The average molecular weight is 454 g/mol. The Kier molecular flexibility index (Phi) is 6.60. The third kappa shape index (κ3) is 4.70. The van der Waals surface area contributed by atoms with Gasteiger partial charge in [-0.3, -0.25) is 4.79 Å². The van der Waals surface area contributed by atoms with Crippen LogP contribution in [0.15, 0.2) is 30.5 Å². The van der Waals surface area contributed by atoms with Gasteiger partial charge in [-0.05, 0) is 69.7 Å². The molecule has 1 aromatic carbocycles. The van der Waals surface area contributed by atoms with Gasteiger partial charge in [-0.1, -0.05) is 17.7 Å². The van der Waals surface area contributed by atoms with E-state index in [0.29, 0.717) is 17.2 Å². The van der Waals surface area contributed by atoms with Gasteiger partial charge in [0, 0.05) is 11.1 Å². The molecule has 2 aromatic heterocycles. The first-order valence-electron chi connectivity index (χ1n) is 10.8. The minimum absolute atomic E-state index is 0.193. The standard InChI is InChI=1S/C24H27N3O4S/c1-4-30-24(29)21-17-7-5-6-8-20(17)32-23(21)25-22(28)18-11-12-27(26-18)14-31-19-10-9-15(2)13-16(19)3/h9-13H,4-8,14H2,1-3H3,(H,25,28). The minimum Gasteiger partial charge on any atom is -0.471 e. The van der Waals surface area contributed by atoms with Crippen molar-refractivity contribution >= 4 is 28.2 Å². The highest BCUT2D eigenvalue weighted by molar-refractivity contribution is 7.17. The molecule has 1 amide bonds. The maximum atomic E-state index is 12.9. The number of thiophene rings is 1. The van der Waals surface area contributed by atoms with Crippen molar-refractivity contribution in [1.82, 2.24) is 9.78 Å². The molecule has 0 fully saturated rings. The lowest BCUT2D eigenvalue weighted by atomic mass is 9.95. The molecule has 0 saturated carbocycles. The van der Waals surface area contributed by atoms with Crippen LogP contribution >= 0.6 is 11.3 Å². The van der Waals surface area contributed by atoms with E-state index in [9.17, 15) is 9.59 Å². The molecule has 1 aliphatic carbocycles. The molecule has 4 rings (SSSR count). The Morgan fingerprint density at radius 1 is 1.19 bits per heavy atom. The molecule has 0 saturated heterocycles. The molecule has 168 valence electrons. The number of carbonyl (C=O) groups is 2. The lowest BCUT2D eigenvalue weighted by Gasteiger charge is -2.12. The highest BCUT2D eigenvalue weighted by Crippen LogP contribution is 2.38. The van der Waals surface area contributed by atoms with Gasteiger partial charge in [0.05, 0.1) is 12.2 Å². The van der Waals surface area contributed by atoms with Crippen molar-refractivity contribution in [3.63, 3.8) is 0 Å². The Morgan fingerprint density at radius 2 is 2.00 bits per heavy atom. The van der Waals surface area contributed by atoms with Gasteiger partial charge in [0.25, 0.3) is 5.91 Å². The van der Waals surface area contributed by atoms with E-state index in [1.165, 1.54) is 16.9 Å². The highest BCUT2D eigenvalue weighted by Gasteiger charge is 2.27. The van der Waals surface area contributed by atoms with Crippen molar-refractivity contribution in [2.45, 2.75) is 53.2 Å². The second-order valence-corrected chi connectivity index (χ2v) is 8.98. The number of benzene rings is 1. The predicted molar refractivity (Wildman–Crippen MR) is 124 cm³/mol. The second-order valence-electron chi connectivity index (χ2n) is 7.87. The number of rotatable bonds is 7. The molecule has 2 heterocycles. The first-order valence-corrected chi connectivity index (χ1v) is 11.6. The summed E-state index contributed by atoms with van der Waals surface area (Å²) in [6, 6.07) is 7.61. The lowest BCUT2D eigenvalue weighted by molar-refractivity contribution is 0.0526. The van der Waals surface area contributed by atoms with Crippen molar-refractivity contribution in [3.8, 4) is 5.75 Å². The number of amides is 1. The van der Waals surface area contributed by atoms with E-state index in [0.717, 1.165) is 47.4 Å². The number of nitrogens with zero attached hydrogens (tertiary/aromatic N) is 2. The molecule has 0 atom stereocenters. The summed E-state index contributed by atoms with van der Waals surface area (Å²) in [5.74, 6) is 0.0364. The van der Waals surface area contributed by atoms with Crippen molar-refractivity contribution < 1.29 is 19.1 Å². The van der Waals surface area contributed by atoms with Crippen LogP contribution in [0, 0.1) is 13.8 Å². The average Bonchev–Trinajstić information content (AvgIpc) is 3.37. The van der Waals surface area contributed by atoms with Gasteiger partial charge in [0.15, 0.2) is 12.4 Å². The van der Waals surface area contributed by atoms with E-state index in [1.54, 1.807) is 23.9 Å². The Balaban J connectivity index is 1.47. The summed E-state index contributed by atoms with van der Waals surface area (Å²) in [6.07, 6.45) is 5.58. The van der Waals surface area contributed by atoms with E-state index >= 15 is 0 Å². The summed E-state index contributed by atoms with van der Waals surface area (Å²) >= 11 is 1.46. The highest BCUT2D eigenvalue weighted by atomic mass is 32.1. The van der Waals surface area contributed by atoms with Crippen LogP contribution in [0.2, 0.25) is 0 Å². The molecule has 0 aliphatic heterocycles. The number of nitrogens with one attached hydrogen (secondary N) is 1. The topological polar surface area (TPSA) is 82.5 Å². The number of ether oxygens (including phenoxy) is 2. The van der Waals surface area contributed by atoms with E-state index in [4.69, 9.17) is 9.47 Å². The van der Waals surface area contributed by atoms with E-state index in [-0.39, 0.29) is 24.3 Å². The molecule has 32 heavy (non-hydrogen) atoms. The number of carbonyl (C=O) groups excluding carboxylic acids is 2. The molecule has 0 radical (unpaired) electrons. The zero-order valence-electron chi connectivity index (χ0n) is 18.6. The zero-order valence-corrected chi connectivity index (χ0v) is 19.4. The van der Waals surface area contributed by atoms with Crippen LogP contribution < -0.4 is 10.1 Å². The van der Waals surface area contributed by atoms with Gasteiger partial charge in [-0.25, -0.2) is 9.48 Å². The summed E-state index contributed by atoms with van der Waals surface area (Å²) in [7, 11) is 0. The summed E-state index contributed by atoms with van der Waals surface area (Å²) in [4.78, 5) is 26.6. The number of anilines is 1. The largest absolute Gasteiger partial charge is 0.471 e. The van der Waals surface area contributed by atoms with Crippen LogP contribution in [0.25, 0.3) is 0 Å². The molecule has 0 spiro atoms. The van der Waals surface area contributed by atoms with Gasteiger partial charge in [0.1, 0.15) is 10.8 Å². The first-order chi connectivity index (χ1) is 15.5. The maximum Gasteiger partial charge on any atom is 0.341 e. The Bertz CT molecular complexity index is 1150. The summed E-state index contributed by atoms with van der Waals surface area (Å²) in [5, 5.41) is 7.76. The van der Waals surface area contributed by atoms with Crippen LogP contribution in [0.1, 0.15) is 62.2 Å². The quantitative estimate of drug-likeness (QED) is 0.514. The number of hydrogen-bond donors (Lipinski definition) is 1. The molecule has 0 unspecified atom stereocenters. The fourth-order valence-electron chi connectivity index (χ4n) is 3.89. The lowest BCUT2D eigenvalue weighted by Crippen LogP contribution is -2.17. The summed E-state index contributed by atoms with van der Waals surface area (Å²) in [6.45, 7) is 6.29. The van der Waals surface area contributed by atoms with E-state index in [2.05, 4.69) is 16.5 Å². The van der Waals surface area contributed by atoms with Gasteiger partial charge in [-0.15, -0.1) is 11.3 Å².